The third-order valence-electron chi connectivity index (χ3n) is 2.89. The average molecular weight is 281 g/mol. The van der Waals surface area contributed by atoms with E-state index in [1.165, 1.54) is 0 Å². The van der Waals surface area contributed by atoms with Crippen molar-refractivity contribution in [3.05, 3.63) is 28.9 Å². The molecule has 0 atom stereocenters. The normalized spacial score (nSPS) is 10.5. The third-order valence-corrected chi connectivity index (χ3v) is 3.12. The number of aromatic nitrogens is 2. The number of nitrogen functional groups attached to an aromatic ring is 1. The fourth-order valence-corrected chi connectivity index (χ4v) is 2.03. The zero-order valence-corrected chi connectivity index (χ0v) is 12.0. The van der Waals surface area contributed by atoms with Crippen molar-refractivity contribution in [1.82, 2.24) is 9.78 Å². The lowest BCUT2D eigenvalue weighted by Gasteiger charge is -2.13. The summed E-state index contributed by atoms with van der Waals surface area (Å²) >= 11 is 6.01. The highest BCUT2D eigenvalue weighted by Crippen LogP contribution is 2.33. The minimum absolute atomic E-state index is 0.626. The number of ether oxygens (including phenoxy) is 1. The first-order valence-electron chi connectivity index (χ1n) is 6.00. The summed E-state index contributed by atoms with van der Waals surface area (Å²) in [6.07, 6.45) is 0. The second kappa shape index (κ2) is 5.40. The number of nitrogens with one attached hydrogen (secondary N) is 1. The molecule has 2 aromatic rings. The van der Waals surface area contributed by atoms with E-state index in [-0.39, 0.29) is 0 Å². The molecule has 19 heavy (non-hydrogen) atoms. The van der Waals surface area contributed by atoms with Crippen LogP contribution in [0, 0.1) is 6.92 Å². The van der Waals surface area contributed by atoms with Crippen LogP contribution in [-0.4, -0.2) is 16.9 Å². The van der Waals surface area contributed by atoms with Crippen LogP contribution in [0.25, 0.3) is 0 Å². The maximum absolute atomic E-state index is 6.04. The highest BCUT2D eigenvalue weighted by Gasteiger charge is 2.13. The van der Waals surface area contributed by atoms with E-state index >= 15 is 0 Å². The molecule has 0 bridgehead atoms. The van der Waals surface area contributed by atoms with Crippen LogP contribution in [0.3, 0.4) is 0 Å². The molecule has 2 rings (SSSR count). The lowest BCUT2D eigenvalue weighted by molar-refractivity contribution is 0.416. The van der Waals surface area contributed by atoms with Gasteiger partial charge in [-0.05, 0) is 32.0 Å². The van der Waals surface area contributed by atoms with Gasteiger partial charge in [-0.3, -0.25) is 0 Å². The maximum Gasteiger partial charge on any atom is 0.152 e. The molecule has 1 heterocycles. The van der Waals surface area contributed by atoms with E-state index < -0.39 is 0 Å². The van der Waals surface area contributed by atoms with E-state index in [4.69, 9.17) is 22.1 Å². The Kier molecular flexibility index (Phi) is 3.85. The fraction of sp³-hybridized carbons (Fsp3) is 0.308. The van der Waals surface area contributed by atoms with Crippen LogP contribution >= 0.6 is 11.6 Å². The van der Waals surface area contributed by atoms with Gasteiger partial charge in [0.15, 0.2) is 5.82 Å². The lowest BCUT2D eigenvalue weighted by atomic mass is 10.3. The number of halogens is 1. The summed E-state index contributed by atoms with van der Waals surface area (Å²) in [5.74, 6) is 1.45. The predicted molar refractivity (Wildman–Crippen MR) is 78.3 cm³/mol. The maximum atomic E-state index is 6.04. The van der Waals surface area contributed by atoms with E-state index in [1.807, 2.05) is 18.5 Å². The number of nitrogens with two attached hydrogens (primary N) is 1. The summed E-state index contributed by atoms with van der Waals surface area (Å²) in [5.41, 5.74) is 8.22. The highest BCUT2D eigenvalue weighted by atomic mass is 35.5. The predicted octanol–water partition coefficient (Wildman–Crippen LogP) is 3.20. The molecule has 6 heteroatoms. The van der Waals surface area contributed by atoms with Gasteiger partial charge in [0.2, 0.25) is 0 Å². The van der Waals surface area contributed by atoms with Crippen molar-refractivity contribution in [3.63, 3.8) is 0 Å². The minimum atomic E-state index is 0.626. The highest BCUT2D eigenvalue weighted by molar-refractivity contribution is 6.31. The average Bonchev–Trinajstić information content (AvgIpc) is 2.67. The number of anilines is 3. The summed E-state index contributed by atoms with van der Waals surface area (Å²) in [7, 11) is 1.61. The molecule has 0 fully saturated rings. The standard InChI is InChI=1S/C13H17ClN4O/c1-4-18-13(12(15)8(2)17-18)16-10-7-9(14)5-6-11(10)19-3/h5-7,16H,4,15H2,1-3H3. The molecule has 0 saturated heterocycles. The largest absolute Gasteiger partial charge is 0.495 e. The number of benzene rings is 1. The molecule has 5 nitrogen and oxygen atoms in total. The fourth-order valence-electron chi connectivity index (χ4n) is 1.86. The van der Waals surface area contributed by atoms with Gasteiger partial charge in [0, 0.05) is 11.6 Å². The third kappa shape index (κ3) is 2.61. The Labute approximate surface area is 117 Å². The molecule has 1 aromatic carbocycles. The summed E-state index contributed by atoms with van der Waals surface area (Å²) in [6.45, 7) is 4.61. The van der Waals surface area contributed by atoms with Gasteiger partial charge in [0.25, 0.3) is 0 Å². The molecule has 0 amide bonds. The zero-order chi connectivity index (χ0) is 14.0. The SMILES string of the molecule is CCn1nc(C)c(N)c1Nc1cc(Cl)ccc1OC. The van der Waals surface area contributed by atoms with Crippen molar-refractivity contribution in [2.24, 2.45) is 0 Å². The molecule has 102 valence electrons. The van der Waals surface area contributed by atoms with E-state index in [1.54, 1.807) is 25.3 Å². The molecule has 0 radical (unpaired) electrons. The van der Waals surface area contributed by atoms with Gasteiger partial charge >= 0.3 is 0 Å². The van der Waals surface area contributed by atoms with Crippen LogP contribution < -0.4 is 15.8 Å². The van der Waals surface area contributed by atoms with Crippen molar-refractivity contribution in [2.75, 3.05) is 18.2 Å². The number of rotatable bonds is 4. The topological polar surface area (TPSA) is 65.1 Å². The summed E-state index contributed by atoms with van der Waals surface area (Å²) in [4.78, 5) is 0. The Morgan fingerprint density at radius 2 is 2.21 bits per heavy atom. The number of nitrogens with zero attached hydrogens (tertiary/aromatic N) is 2. The quantitative estimate of drug-likeness (QED) is 0.903. The molecule has 3 N–H and O–H groups in total. The van der Waals surface area contributed by atoms with E-state index in [2.05, 4.69) is 10.4 Å². The van der Waals surface area contributed by atoms with E-state index in [9.17, 15) is 0 Å². The van der Waals surface area contributed by atoms with Crippen LogP contribution in [0.15, 0.2) is 18.2 Å². The van der Waals surface area contributed by atoms with Gasteiger partial charge in [-0.25, -0.2) is 4.68 Å². The van der Waals surface area contributed by atoms with Crippen molar-refractivity contribution in [2.45, 2.75) is 20.4 Å². The first kappa shape index (κ1) is 13.5. The minimum Gasteiger partial charge on any atom is -0.495 e. The van der Waals surface area contributed by atoms with Gasteiger partial charge in [-0.1, -0.05) is 11.6 Å². The van der Waals surface area contributed by atoms with Crippen LogP contribution in [-0.2, 0) is 6.54 Å². The van der Waals surface area contributed by atoms with Gasteiger partial charge in [-0.2, -0.15) is 5.10 Å². The molecule has 0 aliphatic carbocycles. The van der Waals surface area contributed by atoms with Crippen LogP contribution in [0.1, 0.15) is 12.6 Å². The van der Waals surface area contributed by atoms with Crippen LogP contribution in [0.2, 0.25) is 5.02 Å². The van der Waals surface area contributed by atoms with E-state index in [0.717, 1.165) is 23.7 Å². The van der Waals surface area contributed by atoms with E-state index in [0.29, 0.717) is 16.5 Å². The summed E-state index contributed by atoms with van der Waals surface area (Å²) < 4.78 is 7.11. The first-order chi connectivity index (χ1) is 9.06. The molecular weight excluding hydrogens is 264 g/mol. The van der Waals surface area contributed by atoms with Crippen molar-refractivity contribution >= 4 is 28.8 Å². The molecular formula is C13H17ClN4O. The monoisotopic (exact) mass is 280 g/mol. The van der Waals surface area contributed by atoms with Crippen LogP contribution in [0.4, 0.5) is 17.2 Å². The van der Waals surface area contributed by atoms with Gasteiger partial charge in [-0.15, -0.1) is 0 Å². The lowest BCUT2D eigenvalue weighted by Crippen LogP contribution is -2.05. The smallest absolute Gasteiger partial charge is 0.152 e. The molecule has 0 aliphatic rings. The van der Waals surface area contributed by atoms with Crippen LogP contribution in [0.5, 0.6) is 5.75 Å². The zero-order valence-electron chi connectivity index (χ0n) is 11.2. The molecule has 0 unspecified atom stereocenters. The molecule has 0 saturated carbocycles. The Hall–Kier alpha value is -1.88. The molecule has 0 aliphatic heterocycles. The summed E-state index contributed by atoms with van der Waals surface area (Å²) in [5, 5.41) is 8.22. The first-order valence-corrected chi connectivity index (χ1v) is 6.38. The Morgan fingerprint density at radius 3 is 2.84 bits per heavy atom. The van der Waals surface area contributed by atoms with Crippen molar-refractivity contribution in [1.29, 1.82) is 0 Å². The van der Waals surface area contributed by atoms with Crippen molar-refractivity contribution < 1.29 is 4.74 Å². The number of hydrogen-bond donors (Lipinski definition) is 2. The number of aryl methyl sites for hydroxylation is 2. The van der Waals surface area contributed by atoms with Gasteiger partial charge in [0.1, 0.15) is 5.75 Å². The molecule has 0 spiro atoms. The number of methoxy groups -OCH3 is 1. The molecule has 1 aromatic heterocycles. The number of hydrogen-bond acceptors (Lipinski definition) is 4. The Bertz CT molecular complexity index is 595. The van der Waals surface area contributed by atoms with Crippen molar-refractivity contribution in [3.8, 4) is 5.75 Å². The second-order valence-corrected chi connectivity index (χ2v) is 4.57. The van der Waals surface area contributed by atoms with Gasteiger partial charge < -0.3 is 15.8 Å². The second-order valence-electron chi connectivity index (χ2n) is 4.13. The Morgan fingerprint density at radius 1 is 1.47 bits per heavy atom. The summed E-state index contributed by atoms with van der Waals surface area (Å²) in [6, 6.07) is 5.37. The Balaban J connectivity index is 2.43. The van der Waals surface area contributed by atoms with Gasteiger partial charge in [0.05, 0.1) is 24.2 Å².